The molecule has 0 saturated carbocycles. The normalized spacial score (nSPS) is 13.4. The summed E-state index contributed by atoms with van der Waals surface area (Å²) in [5.41, 5.74) is 3.83. The minimum atomic E-state index is -4.74. The molecule has 100 valence electrons. The van der Waals surface area contributed by atoms with Gasteiger partial charge in [0.1, 0.15) is 5.56 Å². The van der Waals surface area contributed by atoms with Gasteiger partial charge < -0.3 is 5.73 Å². The number of nitro benzene ring substituents is 1. The van der Waals surface area contributed by atoms with Crippen LogP contribution in [0.15, 0.2) is 18.2 Å². The van der Waals surface area contributed by atoms with E-state index >= 15 is 0 Å². The first-order valence-electron chi connectivity index (χ1n) is 5.35. The van der Waals surface area contributed by atoms with Crippen LogP contribution in [-0.2, 0) is 12.6 Å². The van der Waals surface area contributed by atoms with Crippen LogP contribution in [0.4, 0.5) is 18.9 Å². The quantitative estimate of drug-likeness (QED) is 0.670. The first-order valence-corrected chi connectivity index (χ1v) is 5.35. The largest absolute Gasteiger partial charge is 0.423 e. The van der Waals surface area contributed by atoms with Crippen LogP contribution < -0.4 is 5.73 Å². The number of halogens is 3. The smallest absolute Gasteiger partial charge is 0.327 e. The topological polar surface area (TPSA) is 69.2 Å². The molecule has 0 saturated heterocycles. The van der Waals surface area contributed by atoms with Gasteiger partial charge in [0.25, 0.3) is 5.69 Å². The molecule has 4 nitrogen and oxygen atoms in total. The van der Waals surface area contributed by atoms with Crippen molar-refractivity contribution in [1.29, 1.82) is 0 Å². The van der Waals surface area contributed by atoms with Gasteiger partial charge >= 0.3 is 6.18 Å². The van der Waals surface area contributed by atoms with E-state index in [9.17, 15) is 23.3 Å². The van der Waals surface area contributed by atoms with Crippen molar-refractivity contribution < 1.29 is 18.1 Å². The van der Waals surface area contributed by atoms with Gasteiger partial charge in [0.05, 0.1) is 4.92 Å². The van der Waals surface area contributed by atoms with E-state index < -0.39 is 22.4 Å². The highest BCUT2D eigenvalue weighted by Gasteiger charge is 2.38. The number of rotatable bonds is 4. The lowest BCUT2D eigenvalue weighted by Crippen LogP contribution is -2.21. The van der Waals surface area contributed by atoms with Crippen molar-refractivity contribution in [2.24, 2.45) is 5.73 Å². The fourth-order valence-corrected chi connectivity index (χ4v) is 1.54. The van der Waals surface area contributed by atoms with Crippen LogP contribution >= 0.6 is 0 Å². The summed E-state index contributed by atoms with van der Waals surface area (Å²) in [5.74, 6) is 0. The second kappa shape index (κ2) is 5.34. The molecule has 0 heterocycles. The first kappa shape index (κ1) is 14.4. The molecule has 0 aromatic heterocycles. The lowest BCUT2D eigenvalue weighted by Gasteiger charge is -2.12. The minimum Gasteiger partial charge on any atom is -0.327 e. The average Bonchev–Trinajstić information content (AvgIpc) is 2.27. The molecule has 1 unspecified atom stereocenters. The van der Waals surface area contributed by atoms with Gasteiger partial charge in [-0.3, -0.25) is 10.1 Å². The fourth-order valence-electron chi connectivity index (χ4n) is 1.54. The molecule has 1 rings (SSSR count). The van der Waals surface area contributed by atoms with Crippen molar-refractivity contribution in [3.63, 3.8) is 0 Å². The van der Waals surface area contributed by atoms with Crippen molar-refractivity contribution >= 4 is 5.69 Å². The van der Waals surface area contributed by atoms with Gasteiger partial charge in [-0.2, -0.15) is 13.2 Å². The number of benzene rings is 1. The van der Waals surface area contributed by atoms with Crippen LogP contribution in [0.25, 0.3) is 0 Å². The summed E-state index contributed by atoms with van der Waals surface area (Å²) in [6, 6.07) is 2.73. The van der Waals surface area contributed by atoms with Crippen LogP contribution in [0.5, 0.6) is 0 Å². The Morgan fingerprint density at radius 3 is 2.50 bits per heavy atom. The molecule has 0 aliphatic heterocycles. The van der Waals surface area contributed by atoms with Crippen molar-refractivity contribution in [3.05, 3.63) is 39.4 Å². The Morgan fingerprint density at radius 1 is 1.44 bits per heavy atom. The summed E-state index contributed by atoms with van der Waals surface area (Å²) >= 11 is 0. The van der Waals surface area contributed by atoms with E-state index in [1.807, 2.05) is 6.92 Å². The number of nitrogens with zero attached hydrogens (tertiary/aromatic N) is 1. The van der Waals surface area contributed by atoms with Crippen LogP contribution in [-0.4, -0.2) is 11.0 Å². The van der Waals surface area contributed by atoms with Gasteiger partial charge in [0.2, 0.25) is 0 Å². The summed E-state index contributed by atoms with van der Waals surface area (Å²) in [5, 5.41) is 10.5. The molecule has 2 N–H and O–H groups in total. The van der Waals surface area contributed by atoms with Gasteiger partial charge in [0, 0.05) is 12.1 Å². The Labute approximate surface area is 102 Å². The molecule has 1 aromatic carbocycles. The number of hydrogen-bond donors (Lipinski definition) is 1. The second-order valence-corrected chi connectivity index (χ2v) is 3.98. The molecule has 0 aliphatic carbocycles. The van der Waals surface area contributed by atoms with E-state index in [1.54, 1.807) is 0 Å². The number of nitrogens with two attached hydrogens (primary N) is 1. The first-order chi connectivity index (χ1) is 8.25. The third-order valence-corrected chi connectivity index (χ3v) is 2.59. The molecule has 0 bridgehead atoms. The standard InChI is InChI=1S/C11H13F3N2O2/c1-2-8(15)5-7-3-4-10(16(17)18)9(6-7)11(12,13)14/h3-4,6,8H,2,5,15H2,1H3. The maximum absolute atomic E-state index is 12.7. The Bertz CT molecular complexity index is 446. The van der Waals surface area contributed by atoms with Crippen molar-refractivity contribution in [2.45, 2.75) is 32.0 Å². The lowest BCUT2D eigenvalue weighted by molar-refractivity contribution is -0.388. The van der Waals surface area contributed by atoms with Crippen molar-refractivity contribution in [2.75, 3.05) is 0 Å². The maximum Gasteiger partial charge on any atom is 0.423 e. The number of hydrogen-bond acceptors (Lipinski definition) is 3. The molecular weight excluding hydrogens is 249 g/mol. The monoisotopic (exact) mass is 262 g/mol. The van der Waals surface area contributed by atoms with Crippen LogP contribution in [0, 0.1) is 10.1 Å². The highest BCUT2D eigenvalue weighted by atomic mass is 19.4. The second-order valence-electron chi connectivity index (χ2n) is 3.98. The highest BCUT2D eigenvalue weighted by Crippen LogP contribution is 2.36. The molecule has 1 aromatic rings. The summed E-state index contributed by atoms with van der Waals surface area (Å²) in [4.78, 5) is 9.50. The van der Waals surface area contributed by atoms with Crippen LogP contribution in [0.1, 0.15) is 24.5 Å². The lowest BCUT2D eigenvalue weighted by atomic mass is 10.0. The van der Waals surface area contributed by atoms with Crippen molar-refractivity contribution in [1.82, 2.24) is 0 Å². The zero-order valence-corrected chi connectivity index (χ0v) is 9.70. The zero-order chi connectivity index (χ0) is 13.9. The SMILES string of the molecule is CCC(N)Cc1ccc([N+](=O)[O-])c(C(F)(F)F)c1. The summed E-state index contributed by atoms with van der Waals surface area (Å²) in [6.45, 7) is 1.82. The zero-order valence-electron chi connectivity index (χ0n) is 9.70. The van der Waals surface area contributed by atoms with E-state index in [0.717, 1.165) is 12.1 Å². The third kappa shape index (κ3) is 3.43. The van der Waals surface area contributed by atoms with E-state index in [2.05, 4.69) is 0 Å². The van der Waals surface area contributed by atoms with E-state index in [-0.39, 0.29) is 12.5 Å². The van der Waals surface area contributed by atoms with Gasteiger partial charge in [-0.25, -0.2) is 0 Å². The van der Waals surface area contributed by atoms with Gasteiger partial charge in [-0.05, 0) is 24.5 Å². The highest BCUT2D eigenvalue weighted by molar-refractivity contribution is 5.44. The molecular formula is C11H13F3N2O2. The Balaban J connectivity index is 3.18. The molecule has 18 heavy (non-hydrogen) atoms. The molecule has 0 fully saturated rings. The Hall–Kier alpha value is -1.63. The third-order valence-electron chi connectivity index (χ3n) is 2.59. The van der Waals surface area contributed by atoms with E-state index in [4.69, 9.17) is 5.73 Å². The van der Waals surface area contributed by atoms with Crippen LogP contribution in [0.3, 0.4) is 0 Å². The minimum absolute atomic E-state index is 0.257. The predicted octanol–water partition coefficient (Wildman–Crippen LogP) is 2.89. The number of alkyl halides is 3. The van der Waals surface area contributed by atoms with E-state index in [0.29, 0.717) is 12.0 Å². The average molecular weight is 262 g/mol. The maximum atomic E-state index is 12.7. The Morgan fingerprint density at radius 2 is 2.06 bits per heavy atom. The molecule has 1 atom stereocenters. The Kier molecular flexibility index (Phi) is 4.28. The predicted molar refractivity (Wildman–Crippen MR) is 60.1 cm³/mol. The summed E-state index contributed by atoms with van der Waals surface area (Å²) in [6.07, 6.45) is -3.86. The molecule has 0 radical (unpaired) electrons. The molecule has 0 amide bonds. The van der Waals surface area contributed by atoms with E-state index in [1.165, 1.54) is 6.07 Å². The van der Waals surface area contributed by atoms with Gasteiger partial charge in [-0.1, -0.05) is 13.0 Å². The van der Waals surface area contributed by atoms with Gasteiger partial charge in [0.15, 0.2) is 0 Å². The van der Waals surface area contributed by atoms with Crippen LogP contribution in [0.2, 0.25) is 0 Å². The van der Waals surface area contributed by atoms with Crippen molar-refractivity contribution in [3.8, 4) is 0 Å². The number of nitro groups is 1. The summed E-state index contributed by atoms with van der Waals surface area (Å²) in [7, 11) is 0. The summed E-state index contributed by atoms with van der Waals surface area (Å²) < 4.78 is 38.0. The molecule has 0 aliphatic rings. The van der Waals surface area contributed by atoms with Gasteiger partial charge in [-0.15, -0.1) is 0 Å². The fraction of sp³-hybridized carbons (Fsp3) is 0.455. The molecule has 7 heteroatoms. The molecule has 0 spiro atoms.